The lowest BCUT2D eigenvalue weighted by atomic mass is 9.81. The summed E-state index contributed by atoms with van der Waals surface area (Å²) in [5.74, 6) is -3.08. The Morgan fingerprint density at radius 3 is 2.55 bits per heavy atom. The van der Waals surface area contributed by atoms with Gasteiger partial charge < -0.3 is 32.1 Å². The quantitative estimate of drug-likeness (QED) is 0.0457. The molecule has 49 heavy (non-hydrogen) atoms. The number of hydrogen-bond donors (Lipinski definition) is 5. The Hall–Kier alpha value is -5.15. The van der Waals surface area contributed by atoms with Crippen LogP contribution in [0.4, 0.5) is 14.6 Å². The lowest BCUT2D eigenvalue weighted by Gasteiger charge is -2.27. The number of carbonyl (C=O) groups excluding carboxylic acids is 1. The van der Waals surface area contributed by atoms with Gasteiger partial charge in [-0.2, -0.15) is 0 Å². The van der Waals surface area contributed by atoms with Crippen molar-refractivity contribution in [1.82, 2.24) is 20.0 Å². The number of imidazole rings is 1. The largest absolute Gasteiger partial charge is 0.480 e. The lowest BCUT2D eigenvalue weighted by Crippen LogP contribution is -2.41. The van der Waals surface area contributed by atoms with Crippen LogP contribution < -0.4 is 22.5 Å². The van der Waals surface area contributed by atoms with Gasteiger partial charge in [-0.1, -0.05) is 48.4 Å². The van der Waals surface area contributed by atoms with Crippen LogP contribution in [-0.2, 0) is 16.0 Å². The number of thioether (sulfide) groups is 1. The number of halogens is 3. The molecule has 16 heteroatoms. The molecule has 12 nitrogen and oxygen atoms in total. The summed E-state index contributed by atoms with van der Waals surface area (Å²) >= 11 is 7.67. The second-order valence-electron chi connectivity index (χ2n) is 11.7. The van der Waals surface area contributed by atoms with Crippen molar-refractivity contribution in [3.63, 3.8) is 0 Å². The zero-order chi connectivity index (χ0) is 35.5. The number of hydrogen-bond acceptors (Lipinski definition) is 8. The highest BCUT2D eigenvalue weighted by Gasteiger charge is 2.31. The van der Waals surface area contributed by atoms with Crippen molar-refractivity contribution in [2.24, 2.45) is 16.5 Å². The van der Waals surface area contributed by atoms with Crippen LogP contribution in [-0.4, -0.2) is 50.2 Å². The zero-order valence-electron chi connectivity index (χ0n) is 26.4. The number of nitrogens with zero attached hydrogens (tertiary/aromatic N) is 4. The van der Waals surface area contributed by atoms with Gasteiger partial charge in [0.25, 0.3) is 5.91 Å². The van der Waals surface area contributed by atoms with E-state index in [0.717, 1.165) is 17.3 Å². The Labute approximate surface area is 288 Å². The molecule has 2 heterocycles. The summed E-state index contributed by atoms with van der Waals surface area (Å²) in [5.41, 5.74) is 18.7. The highest BCUT2D eigenvalue weighted by molar-refractivity contribution is 7.98. The molecule has 2 aromatic heterocycles. The van der Waals surface area contributed by atoms with Gasteiger partial charge in [0, 0.05) is 39.5 Å². The van der Waals surface area contributed by atoms with Gasteiger partial charge in [-0.3, -0.25) is 14.4 Å². The number of amides is 1. The van der Waals surface area contributed by atoms with Gasteiger partial charge in [0.05, 0.1) is 17.3 Å². The first-order valence-electron chi connectivity index (χ1n) is 15.0. The van der Waals surface area contributed by atoms with E-state index in [1.165, 1.54) is 30.0 Å². The fraction of sp³-hybridized carbons (Fsp3) is 0.242. The number of carboxylic acid groups (broad SMARTS) is 1. The molecule has 1 atom stereocenters. The standard InChI is InChI=1S/C33H33ClF2N8O4S/c1-33(2,18-5-10-26-21(14-18)28(37)43-48-26)27-15-41-32(44(27)20-8-6-19(35)7-9-20)49-16-22-23(34)12-17(13-24(22)36)29(45)42-25(30(46)47)4-3-11-40-31(38)39/h5-10,12-15,25H,3-4,11,16H2,1-2H3,(H2,37,43)(H,42,45)(H,46,47)(H4,38,39,40). The van der Waals surface area contributed by atoms with Gasteiger partial charge in [-0.05, 0) is 66.9 Å². The number of nitrogen functional groups attached to an aromatic ring is 1. The fourth-order valence-electron chi connectivity index (χ4n) is 5.22. The third-order valence-electron chi connectivity index (χ3n) is 7.97. The number of fused-ring (bicyclic) bond motifs is 1. The summed E-state index contributed by atoms with van der Waals surface area (Å²) in [6.45, 7) is 4.19. The van der Waals surface area contributed by atoms with Crippen LogP contribution in [0, 0.1) is 11.6 Å². The van der Waals surface area contributed by atoms with Gasteiger partial charge in [0.1, 0.15) is 17.7 Å². The first-order valence-corrected chi connectivity index (χ1v) is 16.3. The number of nitrogens with one attached hydrogen (secondary N) is 1. The van der Waals surface area contributed by atoms with Gasteiger partial charge in [-0.15, -0.1) is 0 Å². The summed E-state index contributed by atoms with van der Waals surface area (Å²) in [6.07, 6.45) is 2.04. The molecule has 0 saturated heterocycles. The summed E-state index contributed by atoms with van der Waals surface area (Å²) in [7, 11) is 0. The van der Waals surface area contributed by atoms with Gasteiger partial charge >= 0.3 is 5.97 Å². The molecule has 3 aromatic carbocycles. The number of aliphatic imine (C=N–C) groups is 1. The Bertz CT molecular complexity index is 2020. The molecule has 0 aliphatic rings. The van der Waals surface area contributed by atoms with Crippen molar-refractivity contribution in [3.8, 4) is 5.69 Å². The first kappa shape index (κ1) is 35.2. The molecule has 5 aromatic rings. The molecule has 1 unspecified atom stereocenters. The maximum atomic E-state index is 15.5. The van der Waals surface area contributed by atoms with Crippen molar-refractivity contribution in [2.45, 2.75) is 49.1 Å². The Balaban J connectivity index is 1.40. The van der Waals surface area contributed by atoms with Gasteiger partial charge in [-0.25, -0.2) is 18.6 Å². The third kappa shape index (κ3) is 7.78. The van der Waals surface area contributed by atoms with Crippen molar-refractivity contribution < 1.29 is 28.0 Å². The summed E-state index contributed by atoms with van der Waals surface area (Å²) in [6, 6.07) is 12.5. The molecule has 0 saturated carbocycles. The molecule has 5 rings (SSSR count). The second-order valence-corrected chi connectivity index (χ2v) is 13.0. The topological polar surface area (TPSA) is 201 Å². The van der Waals surface area contributed by atoms with Crippen LogP contribution in [0.2, 0.25) is 5.02 Å². The Morgan fingerprint density at radius 1 is 1.14 bits per heavy atom. The van der Waals surface area contributed by atoms with Crippen LogP contribution in [0.25, 0.3) is 16.7 Å². The van der Waals surface area contributed by atoms with E-state index in [1.54, 1.807) is 24.4 Å². The van der Waals surface area contributed by atoms with E-state index >= 15 is 4.39 Å². The third-order valence-corrected chi connectivity index (χ3v) is 9.29. The van der Waals surface area contributed by atoms with Gasteiger partial charge in [0.15, 0.2) is 22.5 Å². The SMILES string of the molecule is CC(C)(c1ccc2onc(N)c2c1)c1cnc(SCc2c(F)cc(C(=O)NC(CCCN=C(N)N)C(=O)O)cc2Cl)n1-c1ccc(F)cc1. The van der Waals surface area contributed by atoms with Gasteiger partial charge in [0.2, 0.25) is 0 Å². The first-order chi connectivity index (χ1) is 23.3. The van der Waals surface area contributed by atoms with E-state index in [2.05, 4.69) is 20.4 Å². The van der Waals surface area contributed by atoms with Crippen LogP contribution in [0.15, 0.2) is 75.5 Å². The summed E-state index contributed by atoms with van der Waals surface area (Å²) < 4.78 is 36.6. The van der Waals surface area contributed by atoms with E-state index in [0.29, 0.717) is 28.2 Å². The minimum absolute atomic E-state index is 0.0242. The number of carboxylic acids is 1. The van der Waals surface area contributed by atoms with Crippen molar-refractivity contribution >= 4 is 58.0 Å². The molecule has 8 N–H and O–H groups in total. The summed E-state index contributed by atoms with van der Waals surface area (Å²) in [5, 5.41) is 16.9. The van der Waals surface area contributed by atoms with Crippen molar-refractivity contribution in [1.29, 1.82) is 0 Å². The number of nitrogens with two attached hydrogens (primary N) is 3. The van der Waals surface area contributed by atoms with Crippen LogP contribution in [0.1, 0.15) is 53.9 Å². The molecular weight excluding hydrogens is 678 g/mol. The summed E-state index contributed by atoms with van der Waals surface area (Å²) in [4.78, 5) is 33.0. The molecule has 0 aliphatic carbocycles. The Kier molecular flexibility index (Phi) is 10.4. The molecule has 256 valence electrons. The highest BCUT2D eigenvalue weighted by atomic mass is 35.5. The predicted molar refractivity (Wildman–Crippen MR) is 184 cm³/mol. The van der Waals surface area contributed by atoms with Crippen molar-refractivity contribution in [3.05, 3.63) is 99.8 Å². The molecule has 0 spiro atoms. The van der Waals surface area contributed by atoms with E-state index in [1.807, 2.05) is 30.5 Å². The van der Waals surface area contributed by atoms with Crippen molar-refractivity contribution in [2.75, 3.05) is 12.3 Å². The number of benzene rings is 3. The Morgan fingerprint density at radius 2 is 1.88 bits per heavy atom. The smallest absolute Gasteiger partial charge is 0.326 e. The fourth-order valence-corrected chi connectivity index (χ4v) is 6.60. The molecular formula is C33H33ClF2N8O4S. The predicted octanol–water partition coefficient (Wildman–Crippen LogP) is 5.38. The number of anilines is 1. The molecule has 0 fully saturated rings. The number of guanidine groups is 1. The van der Waals surface area contributed by atoms with Crippen LogP contribution >= 0.6 is 23.4 Å². The average molecular weight is 711 g/mol. The maximum Gasteiger partial charge on any atom is 0.326 e. The number of aliphatic carboxylic acids is 1. The molecule has 0 aliphatic heterocycles. The normalized spacial score (nSPS) is 12.2. The second kappa shape index (κ2) is 14.5. The minimum Gasteiger partial charge on any atom is -0.480 e. The monoisotopic (exact) mass is 710 g/mol. The highest BCUT2D eigenvalue weighted by Crippen LogP contribution is 2.39. The average Bonchev–Trinajstić information content (AvgIpc) is 3.65. The lowest BCUT2D eigenvalue weighted by molar-refractivity contribution is -0.139. The minimum atomic E-state index is -1.26. The number of carbonyl (C=O) groups is 2. The molecule has 1 amide bonds. The van der Waals surface area contributed by atoms with E-state index < -0.39 is 35.0 Å². The molecule has 0 bridgehead atoms. The zero-order valence-corrected chi connectivity index (χ0v) is 28.0. The van der Waals surface area contributed by atoms with Crippen LogP contribution in [0.3, 0.4) is 0 Å². The maximum absolute atomic E-state index is 15.5. The van der Waals surface area contributed by atoms with Crippen LogP contribution in [0.5, 0.6) is 0 Å². The van der Waals surface area contributed by atoms with E-state index in [9.17, 15) is 19.1 Å². The number of rotatable bonds is 13. The van der Waals surface area contributed by atoms with E-state index in [-0.39, 0.29) is 46.6 Å². The number of aromatic nitrogens is 3. The molecule has 0 radical (unpaired) electrons. The van der Waals surface area contributed by atoms with E-state index in [4.69, 9.17) is 33.3 Å².